The van der Waals surface area contributed by atoms with Gasteiger partial charge in [0.05, 0.1) is 6.61 Å². The van der Waals surface area contributed by atoms with Crippen LogP contribution in [-0.4, -0.2) is 63.8 Å². The van der Waals surface area contributed by atoms with Crippen molar-refractivity contribution < 1.29 is 14.2 Å². The Morgan fingerprint density at radius 3 is 2.06 bits per heavy atom. The molecule has 110 valence electrons. The molecule has 0 aromatic carbocycles. The summed E-state index contributed by atoms with van der Waals surface area (Å²) in [6.45, 7) is 8.57. The lowest BCUT2D eigenvalue weighted by atomic mass is 9.93. The monoisotopic (exact) mass is 262 g/mol. The summed E-state index contributed by atoms with van der Waals surface area (Å²) in [5.41, 5.74) is 5.82. The molecule has 1 atom stereocenters. The minimum atomic E-state index is -0.234. The summed E-state index contributed by atoms with van der Waals surface area (Å²) in [4.78, 5) is 2.35. The van der Waals surface area contributed by atoms with Gasteiger partial charge in [-0.1, -0.05) is 0 Å². The minimum absolute atomic E-state index is 0.163. The zero-order valence-corrected chi connectivity index (χ0v) is 12.7. The maximum absolute atomic E-state index is 5.98. The van der Waals surface area contributed by atoms with Gasteiger partial charge >= 0.3 is 0 Å². The fraction of sp³-hybridized carbons (Fsp3) is 1.00. The Morgan fingerprint density at radius 2 is 1.72 bits per heavy atom. The Balaban J connectivity index is 4.81. The molecule has 0 rings (SSSR count). The number of hydrogen-bond acceptors (Lipinski definition) is 5. The number of ether oxygens (including phenoxy) is 3. The van der Waals surface area contributed by atoms with Gasteiger partial charge in [-0.2, -0.15) is 0 Å². The van der Waals surface area contributed by atoms with Crippen LogP contribution in [0, 0.1) is 0 Å². The fourth-order valence-electron chi connectivity index (χ4n) is 2.28. The fourth-order valence-corrected chi connectivity index (χ4v) is 2.28. The molecule has 0 amide bonds. The quantitative estimate of drug-likeness (QED) is 0.597. The average molecular weight is 262 g/mol. The Labute approximate surface area is 112 Å². The topological polar surface area (TPSA) is 57.0 Å². The second kappa shape index (κ2) is 8.82. The normalized spacial score (nSPS) is 15.7. The third-order valence-corrected chi connectivity index (χ3v) is 3.43. The van der Waals surface area contributed by atoms with Crippen LogP contribution in [0.25, 0.3) is 0 Å². The molecule has 0 bridgehead atoms. The lowest BCUT2D eigenvalue weighted by molar-refractivity contribution is -0.132. The summed E-state index contributed by atoms with van der Waals surface area (Å²) < 4.78 is 15.8. The van der Waals surface area contributed by atoms with Gasteiger partial charge in [0.1, 0.15) is 0 Å². The summed E-state index contributed by atoms with van der Waals surface area (Å²) in [5, 5.41) is 0. The molecule has 0 aliphatic rings. The van der Waals surface area contributed by atoms with E-state index in [0.29, 0.717) is 19.2 Å². The van der Waals surface area contributed by atoms with Gasteiger partial charge in [-0.15, -0.1) is 0 Å². The van der Waals surface area contributed by atoms with Crippen LogP contribution in [0.5, 0.6) is 0 Å². The molecule has 0 aliphatic heterocycles. The maximum Gasteiger partial charge on any atom is 0.158 e. The van der Waals surface area contributed by atoms with E-state index in [1.807, 2.05) is 0 Å². The predicted molar refractivity (Wildman–Crippen MR) is 73.6 cm³/mol. The maximum atomic E-state index is 5.98. The van der Waals surface area contributed by atoms with Crippen LogP contribution in [0.2, 0.25) is 0 Å². The first-order valence-corrected chi connectivity index (χ1v) is 6.46. The van der Waals surface area contributed by atoms with Crippen molar-refractivity contribution in [3.63, 3.8) is 0 Å². The van der Waals surface area contributed by atoms with Gasteiger partial charge in [0.2, 0.25) is 0 Å². The third kappa shape index (κ3) is 5.20. The van der Waals surface area contributed by atoms with E-state index in [1.54, 1.807) is 21.3 Å². The van der Waals surface area contributed by atoms with Crippen LogP contribution in [-0.2, 0) is 14.2 Å². The van der Waals surface area contributed by atoms with E-state index in [4.69, 9.17) is 19.9 Å². The van der Waals surface area contributed by atoms with Crippen molar-refractivity contribution in [3.8, 4) is 0 Å². The lowest BCUT2D eigenvalue weighted by Crippen LogP contribution is -2.57. The van der Waals surface area contributed by atoms with Crippen LogP contribution in [0.4, 0.5) is 0 Å². The van der Waals surface area contributed by atoms with E-state index in [2.05, 4.69) is 25.7 Å². The van der Waals surface area contributed by atoms with Crippen molar-refractivity contribution in [3.05, 3.63) is 0 Å². The second-order valence-electron chi connectivity index (χ2n) is 5.09. The predicted octanol–water partition coefficient (Wildman–Crippen LogP) is 1.07. The number of hydrogen-bond donors (Lipinski definition) is 1. The molecule has 0 spiro atoms. The SMILES string of the molecule is COCCN(C(C)C)C(C)(CN)CC(OC)OC. The highest BCUT2D eigenvalue weighted by atomic mass is 16.7. The van der Waals surface area contributed by atoms with Crippen molar-refractivity contribution >= 4 is 0 Å². The molecule has 0 radical (unpaired) electrons. The Hall–Kier alpha value is -0.200. The third-order valence-electron chi connectivity index (χ3n) is 3.43. The molecular formula is C13H30N2O3. The zero-order chi connectivity index (χ0) is 14.2. The van der Waals surface area contributed by atoms with Crippen molar-refractivity contribution in [1.82, 2.24) is 4.90 Å². The van der Waals surface area contributed by atoms with Crippen LogP contribution < -0.4 is 5.73 Å². The molecule has 0 fully saturated rings. The summed E-state index contributed by atoms with van der Waals surface area (Å²) in [6.07, 6.45) is 0.501. The van der Waals surface area contributed by atoms with Crippen LogP contribution in [0.15, 0.2) is 0 Å². The van der Waals surface area contributed by atoms with Crippen molar-refractivity contribution in [2.24, 2.45) is 5.73 Å². The smallest absolute Gasteiger partial charge is 0.158 e. The highest BCUT2D eigenvalue weighted by molar-refractivity contribution is 4.90. The first kappa shape index (κ1) is 17.8. The Morgan fingerprint density at radius 1 is 1.17 bits per heavy atom. The van der Waals surface area contributed by atoms with Gasteiger partial charge < -0.3 is 19.9 Å². The van der Waals surface area contributed by atoms with Crippen molar-refractivity contribution in [1.29, 1.82) is 0 Å². The van der Waals surface area contributed by atoms with Crippen molar-refractivity contribution in [2.45, 2.75) is 45.1 Å². The molecule has 0 heterocycles. The number of nitrogens with two attached hydrogens (primary N) is 1. The first-order chi connectivity index (χ1) is 8.45. The molecule has 1 unspecified atom stereocenters. The molecule has 0 aromatic heterocycles. The number of rotatable bonds is 10. The summed E-state index contributed by atoms with van der Waals surface area (Å²) >= 11 is 0. The standard InChI is InChI=1S/C13H30N2O3/c1-11(2)15(7-8-16-4)13(3,10-14)9-12(17-5)18-6/h11-12H,7-10,14H2,1-6H3. The van der Waals surface area contributed by atoms with E-state index in [-0.39, 0.29) is 11.8 Å². The Bertz CT molecular complexity index is 210. The van der Waals surface area contributed by atoms with E-state index in [0.717, 1.165) is 13.0 Å². The van der Waals surface area contributed by atoms with Crippen LogP contribution >= 0.6 is 0 Å². The summed E-state index contributed by atoms with van der Waals surface area (Å²) in [7, 11) is 5.02. The molecule has 2 N–H and O–H groups in total. The molecule has 5 nitrogen and oxygen atoms in total. The molecular weight excluding hydrogens is 232 g/mol. The summed E-state index contributed by atoms with van der Waals surface area (Å²) in [5.74, 6) is 0. The van der Waals surface area contributed by atoms with E-state index in [9.17, 15) is 0 Å². The second-order valence-corrected chi connectivity index (χ2v) is 5.09. The first-order valence-electron chi connectivity index (χ1n) is 6.46. The zero-order valence-electron chi connectivity index (χ0n) is 12.7. The van der Waals surface area contributed by atoms with Crippen molar-refractivity contribution in [2.75, 3.05) is 41.0 Å². The largest absolute Gasteiger partial charge is 0.383 e. The van der Waals surface area contributed by atoms with Gasteiger partial charge in [-0.3, -0.25) is 4.90 Å². The molecule has 0 saturated carbocycles. The lowest BCUT2D eigenvalue weighted by Gasteiger charge is -2.44. The van der Waals surface area contributed by atoms with Gasteiger partial charge in [0, 0.05) is 52.4 Å². The molecule has 18 heavy (non-hydrogen) atoms. The van der Waals surface area contributed by atoms with E-state index >= 15 is 0 Å². The van der Waals surface area contributed by atoms with Gasteiger partial charge in [-0.05, 0) is 20.8 Å². The molecule has 5 heteroatoms. The Kier molecular flexibility index (Phi) is 8.73. The highest BCUT2D eigenvalue weighted by Crippen LogP contribution is 2.24. The minimum Gasteiger partial charge on any atom is -0.383 e. The number of nitrogens with zero attached hydrogens (tertiary/aromatic N) is 1. The van der Waals surface area contributed by atoms with Crippen LogP contribution in [0.1, 0.15) is 27.2 Å². The van der Waals surface area contributed by atoms with Gasteiger partial charge in [-0.25, -0.2) is 0 Å². The van der Waals surface area contributed by atoms with Gasteiger partial charge in [0.15, 0.2) is 6.29 Å². The van der Waals surface area contributed by atoms with Gasteiger partial charge in [0.25, 0.3) is 0 Å². The molecule has 0 aliphatic carbocycles. The summed E-state index contributed by atoms with van der Waals surface area (Å²) in [6, 6.07) is 0.392. The van der Waals surface area contributed by atoms with E-state index < -0.39 is 0 Å². The molecule has 0 saturated heterocycles. The number of methoxy groups -OCH3 is 3. The van der Waals surface area contributed by atoms with Crippen LogP contribution in [0.3, 0.4) is 0 Å². The highest BCUT2D eigenvalue weighted by Gasteiger charge is 2.34. The van der Waals surface area contributed by atoms with E-state index in [1.165, 1.54) is 0 Å². The molecule has 0 aromatic rings. The average Bonchev–Trinajstić information content (AvgIpc) is 2.36.